The van der Waals surface area contributed by atoms with Crippen molar-refractivity contribution in [3.8, 4) is 0 Å². The summed E-state index contributed by atoms with van der Waals surface area (Å²) in [7, 11) is 0. The van der Waals surface area contributed by atoms with Gasteiger partial charge in [0.1, 0.15) is 5.54 Å². The van der Waals surface area contributed by atoms with Crippen molar-refractivity contribution in [3.63, 3.8) is 0 Å². The molecule has 5 nitrogen and oxygen atoms in total. The fraction of sp³-hybridized carbons (Fsp3) is 0.500. The lowest BCUT2D eigenvalue weighted by Crippen LogP contribution is -2.46. The number of nitrogens with one attached hydrogen (secondary N) is 1. The first-order chi connectivity index (χ1) is 10.2. The first kappa shape index (κ1) is 14.1. The van der Waals surface area contributed by atoms with Crippen LogP contribution >= 0.6 is 0 Å². The van der Waals surface area contributed by atoms with E-state index < -0.39 is 5.54 Å². The molecule has 21 heavy (non-hydrogen) atoms. The number of aryl methyl sites for hydroxylation is 1. The molecule has 3 rings (SSSR count). The van der Waals surface area contributed by atoms with Gasteiger partial charge in [0.25, 0.3) is 5.91 Å². The molecular formula is C16H20N2O3. The molecule has 1 saturated heterocycles. The monoisotopic (exact) mass is 288 g/mol. The lowest BCUT2D eigenvalue weighted by molar-refractivity contribution is -0.132. The van der Waals surface area contributed by atoms with Gasteiger partial charge >= 0.3 is 6.03 Å². The number of rotatable bonds is 4. The van der Waals surface area contributed by atoms with Crippen LogP contribution in [0.4, 0.5) is 4.79 Å². The predicted molar refractivity (Wildman–Crippen MR) is 77.8 cm³/mol. The van der Waals surface area contributed by atoms with E-state index in [1.54, 1.807) is 0 Å². The molecule has 0 saturated carbocycles. The molecule has 1 atom stereocenters. The molecule has 0 aromatic heterocycles. The minimum Gasteiger partial charge on any atom is -0.380 e. The molecule has 0 bridgehead atoms. The van der Waals surface area contributed by atoms with Crippen molar-refractivity contribution in [2.75, 3.05) is 19.8 Å². The van der Waals surface area contributed by atoms with E-state index in [2.05, 4.69) is 5.32 Å². The third-order valence-electron chi connectivity index (χ3n) is 4.31. The van der Waals surface area contributed by atoms with E-state index in [1.807, 2.05) is 31.2 Å². The van der Waals surface area contributed by atoms with E-state index in [1.165, 1.54) is 4.90 Å². The van der Waals surface area contributed by atoms with Gasteiger partial charge in [-0.2, -0.15) is 0 Å². The topological polar surface area (TPSA) is 58.6 Å². The predicted octanol–water partition coefficient (Wildman–Crippen LogP) is 1.81. The van der Waals surface area contributed by atoms with Crippen LogP contribution in [0.5, 0.6) is 0 Å². The van der Waals surface area contributed by atoms with E-state index in [4.69, 9.17) is 4.74 Å². The van der Waals surface area contributed by atoms with Crippen LogP contribution in [0.3, 0.4) is 0 Å². The van der Waals surface area contributed by atoms with E-state index in [9.17, 15) is 9.59 Å². The minimum absolute atomic E-state index is 0.139. The maximum Gasteiger partial charge on any atom is 0.325 e. The van der Waals surface area contributed by atoms with Crippen molar-refractivity contribution in [1.82, 2.24) is 10.2 Å². The first-order valence-corrected chi connectivity index (χ1v) is 7.49. The Kier molecular flexibility index (Phi) is 3.68. The zero-order chi connectivity index (χ0) is 14.9. The number of ether oxygens (including phenoxy) is 1. The fourth-order valence-corrected chi connectivity index (χ4v) is 3.31. The van der Waals surface area contributed by atoms with Gasteiger partial charge < -0.3 is 10.1 Å². The van der Waals surface area contributed by atoms with Crippen molar-refractivity contribution >= 4 is 11.9 Å². The Morgan fingerprint density at radius 1 is 1.33 bits per heavy atom. The highest BCUT2D eigenvalue weighted by Crippen LogP contribution is 2.39. The molecule has 1 fully saturated rings. The highest BCUT2D eigenvalue weighted by atomic mass is 16.5. The molecule has 1 spiro atoms. The number of hydrogen-bond donors (Lipinski definition) is 1. The molecule has 0 unspecified atom stereocenters. The van der Waals surface area contributed by atoms with Crippen LogP contribution in [0.15, 0.2) is 24.3 Å². The van der Waals surface area contributed by atoms with Gasteiger partial charge in [-0.05, 0) is 37.3 Å². The summed E-state index contributed by atoms with van der Waals surface area (Å²) in [5, 5.41) is 2.93. The van der Waals surface area contributed by atoms with Crippen molar-refractivity contribution < 1.29 is 14.3 Å². The number of benzene rings is 1. The van der Waals surface area contributed by atoms with Crippen LogP contribution in [0.2, 0.25) is 0 Å². The third kappa shape index (κ3) is 2.21. The second-order valence-corrected chi connectivity index (χ2v) is 5.50. The van der Waals surface area contributed by atoms with Crippen LogP contribution in [0.25, 0.3) is 0 Å². The number of nitrogens with zero attached hydrogens (tertiary/aromatic N) is 1. The number of hydrogen-bond acceptors (Lipinski definition) is 3. The molecule has 1 aromatic rings. The number of fused-ring (bicyclic) bond motifs is 2. The van der Waals surface area contributed by atoms with Crippen LogP contribution < -0.4 is 5.32 Å². The molecule has 2 aliphatic rings. The summed E-state index contributed by atoms with van der Waals surface area (Å²) in [6, 6.07) is 7.59. The van der Waals surface area contributed by atoms with Crippen molar-refractivity contribution in [3.05, 3.63) is 35.4 Å². The Labute approximate surface area is 124 Å². The molecular weight excluding hydrogens is 268 g/mol. The highest BCUT2D eigenvalue weighted by Gasteiger charge is 2.53. The molecule has 5 heteroatoms. The summed E-state index contributed by atoms with van der Waals surface area (Å²) in [5.41, 5.74) is 1.25. The molecule has 1 aliphatic carbocycles. The van der Waals surface area contributed by atoms with Crippen LogP contribution in [-0.4, -0.2) is 36.6 Å². The molecule has 1 aromatic carbocycles. The summed E-state index contributed by atoms with van der Waals surface area (Å²) >= 11 is 0. The van der Waals surface area contributed by atoms with Gasteiger partial charge in [0, 0.05) is 6.61 Å². The smallest absolute Gasteiger partial charge is 0.325 e. The zero-order valence-electron chi connectivity index (χ0n) is 12.2. The van der Waals surface area contributed by atoms with E-state index in [0.717, 1.165) is 24.0 Å². The van der Waals surface area contributed by atoms with Crippen molar-refractivity contribution in [2.24, 2.45) is 0 Å². The van der Waals surface area contributed by atoms with Crippen LogP contribution in [-0.2, 0) is 21.5 Å². The Bertz CT molecular complexity index is 572. The average molecular weight is 288 g/mol. The lowest BCUT2D eigenvalue weighted by atomic mass is 9.76. The van der Waals surface area contributed by atoms with E-state index in [0.29, 0.717) is 26.2 Å². The number of carbonyl (C=O) groups excluding carboxylic acids is 2. The summed E-state index contributed by atoms with van der Waals surface area (Å²) in [5.74, 6) is -0.139. The number of amides is 3. The summed E-state index contributed by atoms with van der Waals surface area (Å²) in [6.07, 6.45) is 2.53. The summed E-state index contributed by atoms with van der Waals surface area (Å²) in [4.78, 5) is 26.3. The Morgan fingerprint density at radius 3 is 2.95 bits per heavy atom. The average Bonchev–Trinajstić information content (AvgIpc) is 2.73. The molecule has 1 N–H and O–H groups in total. The van der Waals surface area contributed by atoms with Gasteiger partial charge in [-0.25, -0.2) is 4.79 Å². The Morgan fingerprint density at radius 2 is 2.14 bits per heavy atom. The molecule has 112 valence electrons. The number of urea groups is 1. The zero-order valence-corrected chi connectivity index (χ0v) is 12.2. The fourth-order valence-electron chi connectivity index (χ4n) is 3.31. The van der Waals surface area contributed by atoms with Crippen LogP contribution in [0.1, 0.15) is 30.9 Å². The largest absolute Gasteiger partial charge is 0.380 e. The van der Waals surface area contributed by atoms with Gasteiger partial charge in [-0.3, -0.25) is 9.69 Å². The van der Waals surface area contributed by atoms with E-state index in [-0.39, 0.29) is 11.9 Å². The Balaban J connectivity index is 1.90. The standard InChI is InChI=1S/C16H20N2O3/c1-2-21-11-10-18-14(19)16(17-15(18)20)9-5-7-12-6-3-4-8-13(12)16/h3-4,6,8H,2,5,7,9-11H2,1H3,(H,17,20)/t16-/m0/s1. The maximum atomic E-state index is 12.8. The summed E-state index contributed by atoms with van der Waals surface area (Å²) < 4.78 is 5.26. The lowest BCUT2D eigenvalue weighted by Gasteiger charge is -2.33. The first-order valence-electron chi connectivity index (χ1n) is 7.49. The quantitative estimate of drug-likeness (QED) is 0.679. The van der Waals surface area contributed by atoms with Gasteiger partial charge in [-0.1, -0.05) is 24.3 Å². The normalized spacial score (nSPS) is 24.3. The Hall–Kier alpha value is -1.88. The SMILES string of the molecule is CCOCCN1C(=O)N[C@]2(CCCc3ccccc32)C1=O. The molecule has 1 heterocycles. The number of carbonyl (C=O) groups is 2. The third-order valence-corrected chi connectivity index (χ3v) is 4.31. The summed E-state index contributed by atoms with van der Waals surface area (Å²) in [6.45, 7) is 3.16. The van der Waals surface area contributed by atoms with Gasteiger partial charge in [-0.15, -0.1) is 0 Å². The van der Waals surface area contributed by atoms with E-state index >= 15 is 0 Å². The second-order valence-electron chi connectivity index (χ2n) is 5.50. The molecule has 0 radical (unpaired) electrons. The highest BCUT2D eigenvalue weighted by molar-refractivity contribution is 6.07. The maximum absolute atomic E-state index is 12.8. The van der Waals surface area contributed by atoms with Gasteiger partial charge in [0.2, 0.25) is 0 Å². The van der Waals surface area contributed by atoms with Gasteiger partial charge in [0.05, 0.1) is 13.2 Å². The van der Waals surface area contributed by atoms with Gasteiger partial charge in [0.15, 0.2) is 0 Å². The van der Waals surface area contributed by atoms with Crippen molar-refractivity contribution in [2.45, 2.75) is 31.7 Å². The van der Waals surface area contributed by atoms with Crippen LogP contribution in [0, 0.1) is 0 Å². The molecule has 1 aliphatic heterocycles. The number of imide groups is 1. The van der Waals surface area contributed by atoms with Crippen molar-refractivity contribution in [1.29, 1.82) is 0 Å². The second kappa shape index (κ2) is 5.48. The molecule has 3 amide bonds. The minimum atomic E-state index is -0.863.